The molecule has 5 rings (SSSR count). The van der Waals surface area contributed by atoms with E-state index in [2.05, 4.69) is 34.9 Å². The molecular weight excluding hydrogens is 383 g/mol. The molecule has 2 fully saturated rings. The fraction of sp³-hybridized carbons (Fsp3) is 0.458. The van der Waals surface area contributed by atoms with Gasteiger partial charge in [0.2, 0.25) is 0 Å². The van der Waals surface area contributed by atoms with Gasteiger partial charge in [-0.25, -0.2) is 4.39 Å². The molecule has 1 aromatic carbocycles. The summed E-state index contributed by atoms with van der Waals surface area (Å²) in [6.45, 7) is 5.31. The Hall–Kier alpha value is -2.60. The van der Waals surface area contributed by atoms with Crippen molar-refractivity contribution in [2.75, 3.05) is 26.2 Å². The van der Waals surface area contributed by atoms with Gasteiger partial charge < -0.3 is 19.6 Å². The van der Waals surface area contributed by atoms with Crippen LogP contribution in [-0.2, 0) is 16.1 Å². The molecular formula is C24H27FN2O3. The van der Waals surface area contributed by atoms with E-state index < -0.39 is 11.4 Å². The van der Waals surface area contributed by atoms with E-state index in [-0.39, 0.29) is 5.83 Å². The predicted octanol–water partition coefficient (Wildman–Crippen LogP) is 4.21. The number of aryl methyl sites for hydroxylation is 1. The smallest absolute Gasteiger partial charge is 0.310 e. The zero-order valence-corrected chi connectivity index (χ0v) is 17.3. The first-order valence-corrected chi connectivity index (χ1v) is 10.7. The number of benzene rings is 1. The summed E-state index contributed by atoms with van der Waals surface area (Å²) in [6.07, 6.45) is 6.41. The molecule has 30 heavy (non-hydrogen) atoms. The second kappa shape index (κ2) is 7.27. The van der Waals surface area contributed by atoms with Gasteiger partial charge in [0.1, 0.15) is 12.4 Å². The molecule has 0 aromatic heterocycles. The number of carboxylic acids is 1. The third-order valence-electron chi connectivity index (χ3n) is 6.79. The quantitative estimate of drug-likeness (QED) is 0.809. The second-order valence-corrected chi connectivity index (χ2v) is 8.95. The van der Waals surface area contributed by atoms with Crippen molar-refractivity contribution in [2.45, 2.75) is 39.2 Å². The maximum absolute atomic E-state index is 13.9. The first-order chi connectivity index (χ1) is 14.4. The number of hydrogen-bond donors (Lipinski definition) is 1. The van der Waals surface area contributed by atoms with E-state index in [0.29, 0.717) is 25.6 Å². The Morgan fingerprint density at radius 1 is 1.27 bits per heavy atom. The highest BCUT2D eigenvalue weighted by molar-refractivity contribution is 5.78. The molecule has 3 aliphatic heterocycles. The van der Waals surface area contributed by atoms with Crippen molar-refractivity contribution < 1.29 is 19.0 Å². The van der Waals surface area contributed by atoms with E-state index in [1.54, 1.807) is 6.08 Å². The fourth-order valence-electron chi connectivity index (χ4n) is 4.83. The molecule has 1 N–H and O–H groups in total. The van der Waals surface area contributed by atoms with E-state index in [1.807, 2.05) is 0 Å². The average Bonchev–Trinajstić information content (AvgIpc) is 3.52. The van der Waals surface area contributed by atoms with Gasteiger partial charge in [0.15, 0.2) is 5.88 Å². The summed E-state index contributed by atoms with van der Waals surface area (Å²) in [4.78, 5) is 15.9. The van der Waals surface area contributed by atoms with Gasteiger partial charge in [-0.05, 0) is 49.8 Å². The number of carbonyl (C=O) groups is 1. The summed E-state index contributed by atoms with van der Waals surface area (Å²) in [5.74, 6) is -0.351. The van der Waals surface area contributed by atoms with Crippen LogP contribution in [0.2, 0.25) is 0 Å². The van der Waals surface area contributed by atoms with Crippen molar-refractivity contribution in [2.24, 2.45) is 5.41 Å². The first kappa shape index (κ1) is 19.4. The number of nitrogens with zero attached hydrogens (tertiary/aromatic N) is 2. The number of halogens is 1. The summed E-state index contributed by atoms with van der Waals surface area (Å²) in [6, 6.07) is 6.43. The van der Waals surface area contributed by atoms with Crippen LogP contribution in [0.1, 0.15) is 42.4 Å². The van der Waals surface area contributed by atoms with Crippen LogP contribution < -0.4 is 0 Å². The standard InChI is InChI=1S/C24H27FN2O3/c1-16-2-3-20-18(12-16)14-30-21-13-19(25)6-11-27(21)22(20)17-4-9-26(10-5-17)15-24(7-8-24)23(28)29/h2-3,6,12-13H,4-5,7-11,14-15H2,1H3,(H,28,29). The largest absolute Gasteiger partial charge is 0.481 e. The molecule has 0 radical (unpaired) electrons. The van der Waals surface area contributed by atoms with Crippen LogP contribution in [0.3, 0.4) is 0 Å². The van der Waals surface area contributed by atoms with Crippen molar-refractivity contribution in [1.29, 1.82) is 0 Å². The Labute approximate surface area is 176 Å². The molecule has 0 amide bonds. The van der Waals surface area contributed by atoms with Crippen LogP contribution in [0.15, 0.2) is 47.6 Å². The molecule has 5 nitrogen and oxygen atoms in total. The molecule has 1 saturated heterocycles. The lowest BCUT2D eigenvalue weighted by Gasteiger charge is -2.35. The number of rotatable bonds is 3. The van der Waals surface area contributed by atoms with E-state index >= 15 is 0 Å². The minimum absolute atomic E-state index is 0.258. The molecule has 0 unspecified atom stereocenters. The molecule has 1 saturated carbocycles. The van der Waals surface area contributed by atoms with Crippen molar-refractivity contribution in [1.82, 2.24) is 9.80 Å². The van der Waals surface area contributed by atoms with E-state index in [4.69, 9.17) is 4.74 Å². The van der Waals surface area contributed by atoms with Crippen LogP contribution in [0.5, 0.6) is 0 Å². The van der Waals surface area contributed by atoms with Gasteiger partial charge in [-0.3, -0.25) is 4.79 Å². The lowest BCUT2D eigenvalue weighted by atomic mass is 9.92. The summed E-state index contributed by atoms with van der Waals surface area (Å²) in [7, 11) is 0. The maximum Gasteiger partial charge on any atom is 0.310 e. The number of hydrogen-bond acceptors (Lipinski definition) is 4. The highest BCUT2D eigenvalue weighted by Gasteiger charge is 2.51. The molecule has 6 heteroatoms. The van der Waals surface area contributed by atoms with Gasteiger partial charge in [0.25, 0.3) is 0 Å². The lowest BCUT2D eigenvalue weighted by molar-refractivity contribution is -0.144. The number of fused-ring (bicyclic) bond motifs is 2. The number of allylic oxidation sites excluding steroid dienone is 2. The highest BCUT2D eigenvalue weighted by atomic mass is 19.1. The summed E-state index contributed by atoms with van der Waals surface area (Å²) >= 11 is 0. The maximum atomic E-state index is 13.9. The Balaban J connectivity index is 1.46. The van der Waals surface area contributed by atoms with Gasteiger partial charge in [-0.2, -0.15) is 0 Å². The third-order valence-corrected chi connectivity index (χ3v) is 6.79. The van der Waals surface area contributed by atoms with E-state index in [1.165, 1.54) is 17.2 Å². The average molecular weight is 410 g/mol. The lowest BCUT2D eigenvalue weighted by Crippen LogP contribution is -2.39. The molecule has 0 atom stereocenters. The van der Waals surface area contributed by atoms with Gasteiger partial charge >= 0.3 is 5.97 Å². The molecule has 1 aromatic rings. The van der Waals surface area contributed by atoms with Crippen molar-refractivity contribution in [3.63, 3.8) is 0 Å². The summed E-state index contributed by atoms with van der Waals surface area (Å²) in [5, 5.41) is 9.51. The second-order valence-electron chi connectivity index (χ2n) is 8.95. The van der Waals surface area contributed by atoms with E-state index in [0.717, 1.165) is 55.6 Å². The molecule has 0 bridgehead atoms. The number of piperidine rings is 1. The van der Waals surface area contributed by atoms with Crippen molar-refractivity contribution in [3.05, 3.63) is 64.3 Å². The SMILES string of the molecule is Cc1ccc2c(c1)COC1=CC(F)=CCN1C2=C1CCN(CC2(C(=O)O)CC2)CC1. The van der Waals surface area contributed by atoms with Gasteiger partial charge in [-0.15, -0.1) is 0 Å². The zero-order chi connectivity index (χ0) is 20.9. The van der Waals surface area contributed by atoms with Crippen LogP contribution in [0, 0.1) is 12.3 Å². The van der Waals surface area contributed by atoms with Gasteiger partial charge in [0.05, 0.1) is 11.1 Å². The van der Waals surface area contributed by atoms with Crippen molar-refractivity contribution in [3.8, 4) is 0 Å². The van der Waals surface area contributed by atoms with Crippen LogP contribution in [0.4, 0.5) is 4.39 Å². The number of likely N-dealkylation sites (tertiary alicyclic amines) is 1. The van der Waals surface area contributed by atoms with Crippen LogP contribution in [0.25, 0.3) is 5.70 Å². The third kappa shape index (κ3) is 3.43. The minimum atomic E-state index is -0.659. The molecule has 3 heterocycles. The Bertz CT molecular complexity index is 980. The highest BCUT2D eigenvalue weighted by Crippen LogP contribution is 2.47. The van der Waals surface area contributed by atoms with Crippen molar-refractivity contribution >= 4 is 11.7 Å². The zero-order valence-electron chi connectivity index (χ0n) is 17.3. The monoisotopic (exact) mass is 410 g/mol. The summed E-state index contributed by atoms with van der Waals surface area (Å²) < 4.78 is 19.9. The molecule has 4 aliphatic rings. The van der Waals surface area contributed by atoms with Gasteiger partial charge in [-0.1, -0.05) is 23.8 Å². The van der Waals surface area contributed by atoms with Gasteiger partial charge in [0, 0.05) is 37.8 Å². The first-order valence-electron chi connectivity index (χ1n) is 10.7. The Kier molecular flexibility index (Phi) is 4.69. The fourth-order valence-corrected chi connectivity index (χ4v) is 4.83. The Morgan fingerprint density at radius 3 is 2.73 bits per heavy atom. The number of ether oxygens (including phenoxy) is 1. The molecule has 1 aliphatic carbocycles. The summed E-state index contributed by atoms with van der Waals surface area (Å²) in [5.41, 5.74) is 5.42. The topological polar surface area (TPSA) is 53.0 Å². The Morgan fingerprint density at radius 2 is 2.03 bits per heavy atom. The normalized spacial score (nSPS) is 22.9. The predicted molar refractivity (Wildman–Crippen MR) is 112 cm³/mol. The van der Waals surface area contributed by atoms with Crippen LogP contribution >= 0.6 is 0 Å². The minimum Gasteiger partial charge on any atom is -0.481 e. The number of aliphatic carboxylic acids is 1. The van der Waals surface area contributed by atoms with Crippen LogP contribution in [-0.4, -0.2) is 47.1 Å². The molecule has 0 spiro atoms. The molecule has 158 valence electrons. The number of carboxylic acid groups (broad SMARTS) is 1. The van der Waals surface area contributed by atoms with E-state index in [9.17, 15) is 14.3 Å².